The summed E-state index contributed by atoms with van der Waals surface area (Å²) < 4.78 is 10.5. The van der Waals surface area contributed by atoms with E-state index >= 15 is 0 Å². The molecule has 2 aromatic rings. The van der Waals surface area contributed by atoms with Gasteiger partial charge in [-0.1, -0.05) is 25.5 Å². The second-order valence-electron chi connectivity index (χ2n) is 7.13. The summed E-state index contributed by atoms with van der Waals surface area (Å²) in [6.07, 6.45) is 2.10. The third-order valence-electron chi connectivity index (χ3n) is 5.30. The van der Waals surface area contributed by atoms with Crippen LogP contribution in [0.5, 0.6) is 11.5 Å². The minimum absolute atomic E-state index is 0.0633. The summed E-state index contributed by atoms with van der Waals surface area (Å²) in [6.45, 7) is 2.70. The first-order valence-electron chi connectivity index (χ1n) is 9.96. The molecule has 1 saturated heterocycles. The molecule has 154 valence electrons. The van der Waals surface area contributed by atoms with Crippen LogP contribution >= 0.6 is 0 Å². The zero-order chi connectivity index (χ0) is 20.8. The number of nitrogens with one attached hydrogen (secondary N) is 1. The Morgan fingerprint density at radius 2 is 1.62 bits per heavy atom. The summed E-state index contributed by atoms with van der Waals surface area (Å²) in [5, 5.41) is 3.00. The van der Waals surface area contributed by atoms with Gasteiger partial charge in [-0.3, -0.25) is 9.59 Å². The molecule has 1 N–H and O–H groups in total. The van der Waals surface area contributed by atoms with E-state index < -0.39 is 5.92 Å². The predicted octanol–water partition coefficient (Wildman–Crippen LogP) is 3.71. The normalized spacial score (nSPS) is 18.6. The van der Waals surface area contributed by atoms with Crippen molar-refractivity contribution in [2.75, 3.05) is 25.7 Å². The topological polar surface area (TPSA) is 67.9 Å². The van der Waals surface area contributed by atoms with Crippen LogP contribution in [0.1, 0.15) is 37.8 Å². The monoisotopic (exact) mass is 396 g/mol. The van der Waals surface area contributed by atoms with Crippen molar-refractivity contribution in [1.82, 2.24) is 5.32 Å². The molecule has 1 aliphatic heterocycles. The molecular formula is C23H28N2O4. The maximum Gasteiger partial charge on any atom is 0.228 e. The summed E-state index contributed by atoms with van der Waals surface area (Å²) in [4.78, 5) is 27.6. The van der Waals surface area contributed by atoms with Gasteiger partial charge < -0.3 is 19.7 Å². The van der Waals surface area contributed by atoms with Crippen molar-refractivity contribution < 1.29 is 19.1 Å². The number of carbonyl (C=O) groups is 2. The molecule has 2 aromatic carbocycles. The van der Waals surface area contributed by atoms with E-state index in [1.165, 1.54) is 0 Å². The highest BCUT2D eigenvalue weighted by Crippen LogP contribution is 2.42. The van der Waals surface area contributed by atoms with Crippen molar-refractivity contribution in [3.05, 3.63) is 54.1 Å². The number of anilines is 1. The molecule has 1 fully saturated rings. The molecule has 2 atom stereocenters. The number of ether oxygens (including phenoxy) is 2. The predicted molar refractivity (Wildman–Crippen MR) is 112 cm³/mol. The molecule has 3 rings (SSSR count). The number of nitrogens with zero attached hydrogens (tertiary/aromatic N) is 1. The third kappa shape index (κ3) is 4.53. The number of methoxy groups -OCH3 is 2. The summed E-state index contributed by atoms with van der Waals surface area (Å²) >= 11 is 0. The largest absolute Gasteiger partial charge is 0.497 e. The number of benzene rings is 2. The average Bonchev–Trinajstić information content (AvgIpc) is 3.11. The second kappa shape index (κ2) is 9.45. The molecule has 0 radical (unpaired) electrons. The fourth-order valence-electron chi connectivity index (χ4n) is 3.72. The first-order chi connectivity index (χ1) is 14.1. The minimum atomic E-state index is -0.449. The van der Waals surface area contributed by atoms with Crippen LogP contribution in [0.25, 0.3) is 0 Å². The third-order valence-corrected chi connectivity index (χ3v) is 5.30. The van der Waals surface area contributed by atoms with Crippen LogP contribution in [-0.2, 0) is 9.59 Å². The molecule has 1 heterocycles. The molecule has 6 heteroatoms. The van der Waals surface area contributed by atoms with Crippen molar-refractivity contribution in [3.8, 4) is 11.5 Å². The Morgan fingerprint density at radius 3 is 2.17 bits per heavy atom. The number of unbranched alkanes of at least 4 members (excludes halogenated alkanes) is 1. The van der Waals surface area contributed by atoms with Gasteiger partial charge in [0.15, 0.2) is 0 Å². The van der Waals surface area contributed by atoms with Crippen LogP contribution in [0.4, 0.5) is 5.69 Å². The van der Waals surface area contributed by atoms with Gasteiger partial charge in [-0.2, -0.15) is 0 Å². The highest BCUT2D eigenvalue weighted by molar-refractivity contribution is 6.01. The molecule has 0 aromatic heterocycles. The van der Waals surface area contributed by atoms with Gasteiger partial charge >= 0.3 is 0 Å². The van der Waals surface area contributed by atoms with E-state index in [-0.39, 0.29) is 24.3 Å². The summed E-state index contributed by atoms with van der Waals surface area (Å²) in [5.74, 6) is 0.860. The molecule has 0 bridgehead atoms. The maximum atomic E-state index is 13.0. The fourth-order valence-corrected chi connectivity index (χ4v) is 3.72. The van der Waals surface area contributed by atoms with Crippen LogP contribution in [0.3, 0.4) is 0 Å². The SMILES string of the molecule is CCCCNC(=O)[C@@H]1CC(=O)N(c2ccc(OC)cc2)[C@H]1c1ccc(OC)cc1. The summed E-state index contributed by atoms with van der Waals surface area (Å²) in [6, 6.07) is 14.5. The van der Waals surface area contributed by atoms with Crippen molar-refractivity contribution in [1.29, 1.82) is 0 Å². The first-order valence-corrected chi connectivity index (χ1v) is 9.96. The van der Waals surface area contributed by atoms with Crippen molar-refractivity contribution in [3.63, 3.8) is 0 Å². The molecule has 6 nitrogen and oxygen atoms in total. The van der Waals surface area contributed by atoms with Gasteiger partial charge in [0.05, 0.1) is 26.2 Å². The Hall–Kier alpha value is -3.02. The highest BCUT2D eigenvalue weighted by atomic mass is 16.5. The summed E-state index contributed by atoms with van der Waals surface area (Å²) in [7, 11) is 3.22. The molecule has 0 saturated carbocycles. The van der Waals surface area contributed by atoms with E-state index in [1.54, 1.807) is 19.1 Å². The lowest BCUT2D eigenvalue weighted by Gasteiger charge is -2.28. The Labute approximate surface area is 171 Å². The van der Waals surface area contributed by atoms with E-state index in [4.69, 9.17) is 9.47 Å². The van der Waals surface area contributed by atoms with Crippen LogP contribution in [0.2, 0.25) is 0 Å². The smallest absolute Gasteiger partial charge is 0.228 e. The van der Waals surface area contributed by atoms with Gasteiger partial charge in [-0.05, 0) is 48.4 Å². The van der Waals surface area contributed by atoms with E-state index in [2.05, 4.69) is 12.2 Å². The molecule has 1 aliphatic rings. The Kier molecular flexibility index (Phi) is 6.75. The molecule has 0 unspecified atom stereocenters. The van der Waals surface area contributed by atoms with Crippen molar-refractivity contribution in [2.45, 2.75) is 32.2 Å². The number of carbonyl (C=O) groups excluding carboxylic acids is 2. The highest BCUT2D eigenvalue weighted by Gasteiger charge is 2.45. The quantitative estimate of drug-likeness (QED) is 0.691. The van der Waals surface area contributed by atoms with Gasteiger partial charge in [-0.15, -0.1) is 0 Å². The van der Waals surface area contributed by atoms with Gasteiger partial charge in [-0.25, -0.2) is 0 Å². The molecule has 0 spiro atoms. The Bertz CT molecular complexity index is 833. The molecule has 0 aliphatic carbocycles. The lowest BCUT2D eigenvalue weighted by Crippen LogP contribution is -2.36. The number of amides is 2. The molecular weight excluding hydrogens is 368 g/mol. The van der Waals surface area contributed by atoms with E-state index in [9.17, 15) is 9.59 Å². The lowest BCUT2D eigenvalue weighted by atomic mass is 9.92. The Balaban J connectivity index is 1.95. The minimum Gasteiger partial charge on any atom is -0.497 e. The van der Waals surface area contributed by atoms with Crippen LogP contribution < -0.4 is 19.7 Å². The van der Waals surface area contributed by atoms with Gasteiger partial charge in [0.25, 0.3) is 0 Å². The van der Waals surface area contributed by atoms with Crippen molar-refractivity contribution >= 4 is 17.5 Å². The van der Waals surface area contributed by atoms with Crippen LogP contribution in [0, 0.1) is 5.92 Å². The molecule has 29 heavy (non-hydrogen) atoms. The maximum absolute atomic E-state index is 13.0. The summed E-state index contributed by atoms with van der Waals surface area (Å²) in [5.41, 5.74) is 1.66. The molecule has 2 amide bonds. The zero-order valence-corrected chi connectivity index (χ0v) is 17.2. The van der Waals surface area contributed by atoms with E-state index in [0.717, 1.165) is 35.6 Å². The number of hydrogen-bond acceptors (Lipinski definition) is 4. The number of rotatable bonds is 8. The van der Waals surface area contributed by atoms with Crippen LogP contribution in [0.15, 0.2) is 48.5 Å². The Morgan fingerprint density at radius 1 is 1.03 bits per heavy atom. The van der Waals surface area contributed by atoms with Gasteiger partial charge in [0, 0.05) is 18.7 Å². The fraction of sp³-hybridized carbons (Fsp3) is 0.391. The van der Waals surface area contributed by atoms with Gasteiger partial charge in [0.2, 0.25) is 11.8 Å². The van der Waals surface area contributed by atoms with E-state index in [0.29, 0.717) is 6.54 Å². The van der Waals surface area contributed by atoms with E-state index in [1.807, 2.05) is 48.5 Å². The first kappa shape index (κ1) is 20.7. The second-order valence-corrected chi connectivity index (χ2v) is 7.13. The standard InChI is InChI=1S/C23H28N2O4/c1-4-5-14-24-23(27)20-15-21(26)25(17-8-12-19(29-3)13-9-17)22(20)16-6-10-18(28-2)11-7-16/h6-13,20,22H,4-5,14-15H2,1-3H3,(H,24,27)/t20-,22+/m1/s1. The number of hydrogen-bond donors (Lipinski definition) is 1. The van der Waals surface area contributed by atoms with Crippen molar-refractivity contribution in [2.24, 2.45) is 5.92 Å². The zero-order valence-electron chi connectivity index (χ0n) is 17.2. The van der Waals surface area contributed by atoms with Gasteiger partial charge in [0.1, 0.15) is 11.5 Å². The van der Waals surface area contributed by atoms with Crippen LogP contribution in [-0.4, -0.2) is 32.6 Å². The average molecular weight is 396 g/mol. The lowest BCUT2D eigenvalue weighted by molar-refractivity contribution is -0.126.